The number of benzene rings is 4. The molecule has 1 atom stereocenters. The number of nitrogens with zero attached hydrogens (tertiary/aromatic N) is 2. The minimum Gasteiger partial charge on any atom is -0.492 e. The van der Waals surface area contributed by atoms with Gasteiger partial charge in [0, 0.05) is 30.0 Å². The van der Waals surface area contributed by atoms with Crippen molar-refractivity contribution in [1.82, 2.24) is 14.5 Å². The van der Waals surface area contributed by atoms with Crippen molar-refractivity contribution in [2.75, 3.05) is 13.2 Å². The first-order chi connectivity index (χ1) is 18.6. The average molecular weight is 526 g/mol. The van der Waals surface area contributed by atoms with Crippen LogP contribution in [0.3, 0.4) is 0 Å². The molecule has 0 radical (unpaired) electrons. The molecule has 1 unspecified atom stereocenters. The van der Waals surface area contributed by atoms with Crippen molar-refractivity contribution in [2.24, 2.45) is 0 Å². The van der Waals surface area contributed by atoms with Crippen LogP contribution in [0.5, 0.6) is 17.2 Å². The Balaban J connectivity index is 1.17. The molecule has 38 heavy (non-hydrogen) atoms. The summed E-state index contributed by atoms with van der Waals surface area (Å²) >= 11 is 6.27. The third-order valence-corrected chi connectivity index (χ3v) is 6.52. The van der Waals surface area contributed by atoms with Gasteiger partial charge in [-0.25, -0.2) is 4.79 Å². The molecule has 4 aromatic carbocycles. The minimum atomic E-state index is -0.159. The molecule has 0 bridgehead atoms. The van der Waals surface area contributed by atoms with Crippen LogP contribution in [-0.2, 0) is 0 Å². The Labute approximate surface area is 226 Å². The molecule has 5 rings (SSSR count). The number of rotatable bonds is 10. The van der Waals surface area contributed by atoms with E-state index in [2.05, 4.69) is 12.2 Å². The standard InChI is InChI=1S/C31H28ClN3O3/c1-23(29-9-5-6-10-30(29)32)33-19-22-37-26-15-11-24(12-16-26)34-20-21-35(31(34)36)25-13-17-28(18-14-25)38-27-7-3-2-4-8-27/h2-18,20-21,23,33H,19,22H2,1H3. The zero-order valence-electron chi connectivity index (χ0n) is 21.0. The normalized spacial score (nSPS) is 11.7. The Morgan fingerprint density at radius 1 is 0.737 bits per heavy atom. The van der Waals surface area contributed by atoms with Gasteiger partial charge in [0.1, 0.15) is 23.9 Å². The van der Waals surface area contributed by atoms with Crippen molar-refractivity contribution >= 4 is 11.6 Å². The summed E-state index contributed by atoms with van der Waals surface area (Å²) in [6, 6.07) is 32.4. The molecular weight excluding hydrogens is 498 g/mol. The van der Waals surface area contributed by atoms with Crippen molar-refractivity contribution < 1.29 is 9.47 Å². The first-order valence-electron chi connectivity index (χ1n) is 12.4. The van der Waals surface area contributed by atoms with Crippen molar-refractivity contribution in [3.05, 3.63) is 137 Å². The van der Waals surface area contributed by atoms with Gasteiger partial charge in [0.25, 0.3) is 0 Å². The molecule has 0 saturated carbocycles. The molecule has 1 aromatic heterocycles. The predicted molar refractivity (Wildman–Crippen MR) is 151 cm³/mol. The van der Waals surface area contributed by atoms with E-state index in [0.29, 0.717) is 18.9 Å². The van der Waals surface area contributed by atoms with Crippen molar-refractivity contribution in [3.8, 4) is 28.6 Å². The largest absolute Gasteiger partial charge is 0.492 e. The fourth-order valence-corrected chi connectivity index (χ4v) is 4.45. The van der Waals surface area contributed by atoms with E-state index in [1.54, 1.807) is 21.5 Å². The number of nitrogens with one attached hydrogen (secondary N) is 1. The fourth-order valence-electron chi connectivity index (χ4n) is 4.15. The van der Waals surface area contributed by atoms with Gasteiger partial charge in [-0.15, -0.1) is 0 Å². The Bertz CT molecular complexity index is 1530. The van der Waals surface area contributed by atoms with Crippen LogP contribution in [0.2, 0.25) is 5.02 Å². The molecule has 0 spiro atoms. The van der Waals surface area contributed by atoms with Gasteiger partial charge in [-0.05, 0) is 79.2 Å². The number of ether oxygens (including phenoxy) is 2. The second kappa shape index (κ2) is 11.9. The summed E-state index contributed by atoms with van der Waals surface area (Å²) in [6.45, 7) is 3.26. The number of para-hydroxylation sites is 1. The van der Waals surface area contributed by atoms with E-state index in [0.717, 1.165) is 33.5 Å². The van der Waals surface area contributed by atoms with E-state index in [1.165, 1.54) is 0 Å². The number of aromatic nitrogens is 2. The van der Waals surface area contributed by atoms with Crippen molar-refractivity contribution in [2.45, 2.75) is 13.0 Å². The lowest BCUT2D eigenvalue weighted by Gasteiger charge is -2.16. The second-order valence-corrected chi connectivity index (χ2v) is 9.18. The van der Waals surface area contributed by atoms with Crippen LogP contribution in [-0.4, -0.2) is 22.3 Å². The van der Waals surface area contributed by atoms with Crippen LogP contribution < -0.4 is 20.5 Å². The molecule has 0 fully saturated rings. The van der Waals surface area contributed by atoms with Crippen molar-refractivity contribution in [3.63, 3.8) is 0 Å². The van der Waals surface area contributed by atoms with E-state index in [1.807, 2.05) is 103 Å². The highest BCUT2D eigenvalue weighted by Gasteiger charge is 2.10. The zero-order chi connectivity index (χ0) is 26.3. The maximum Gasteiger partial charge on any atom is 0.337 e. The Hall–Kier alpha value is -4.26. The molecule has 0 aliphatic carbocycles. The first-order valence-corrected chi connectivity index (χ1v) is 12.8. The van der Waals surface area contributed by atoms with Crippen LogP contribution in [0, 0.1) is 0 Å². The molecule has 0 amide bonds. The average Bonchev–Trinajstić information content (AvgIpc) is 3.33. The summed E-state index contributed by atoms with van der Waals surface area (Å²) in [5.41, 5.74) is 2.42. The third kappa shape index (κ3) is 5.99. The van der Waals surface area contributed by atoms with Crippen LogP contribution in [0.25, 0.3) is 11.4 Å². The van der Waals surface area contributed by atoms with Crippen LogP contribution in [0.1, 0.15) is 18.5 Å². The molecule has 1 N–H and O–H groups in total. The Morgan fingerprint density at radius 3 is 1.92 bits per heavy atom. The van der Waals surface area contributed by atoms with Gasteiger partial charge >= 0.3 is 5.69 Å². The highest BCUT2D eigenvalue weighted by molar-refractivity contribution is 6.31. The van der Waals surface area contributed by atoms with Gasteiger partial charge in [0.2, 0.25) is 0 Å². The van der Waals surface area contributed by atoms with E-state index in [9.17, 15) is 4.79 Å². The van der Waals surface area contributed by atoms with Crippen LogP contribution >= 0.6 is 11.6 Å². The number of imidazole rings is 1. The molecule has 7 heteroatoms. The molecular formula is C31H28ClN3O3. The summed E-state index contributed by atoms with van der Waals surface area (Å²) < 4.78 is 14.9. The molecule has 6 nitrogen and oxygen atoms in total. The summed E-state index contributed by atoms with van der Waals surface area (Å²) in [4.78, 5) is 13.1. The molecule has 0 saturated heterocycles. The minimum absolute atomic E-state index is 0.123. The van der Waals surface area contributed by atoms with E-state index < -0.39 is 0 Å². The molecule has 5 aromatic rings. The van der Waals surface area contributed by atoms with Gasteiger partial charge in [0.15, 0.2) is 0 Å². The van der Waals surface area contributed by atoms with Crippen LogP contribution in [0.4, 0.5) is 0 Å². The lowest BCUT2D eigenvalue weighted by Crippen LogP contribution is -2.24. The monoisotopic (exact) mass is 525 g/mol. The molecule has 0 aliphatic heterocycles. The Morgan fingerprint density at radius 2 is 1.29 bits per heavy atom. The topological polar surface area (TPSA) is 57.4 Å². The third-order valence-electron chi connectivity index (χ3n) is 6.18. The maximum atomic E-state index is 13.1. The highest BCUT2D eigenvalue weighted by atomic mass is 35.5. The number of halogens is 1. The lowest BCUT2D eigenvalue weighted by atomic mass is 10.1. The summed E-state index contributed by atoms with van der Waals surface area (Å²) in [5, 5.41) is 4.17. The van der Waals surface area contributed by atoms with E-state index in [4.69, 9.17) is 21.1 Å². The molecule has 0 aliphatic rings. The number of hydrogen-bond donors (Lipinski definition) is 1. The lowest BCUT2D eigenvalue weighted by molar-refractivity contribution is 0.307. The smallest absolute Gasteiger partial charge is 0.337 e. The SMILES string of the molecule is CC(NCCOc1ccc(-n2ccn(-c3ccc(Oc4ccccc4)cc3)c2=O)cc1)c1ccccc1Cl. The molecule has 1 heterocycles. The zero-order valence-corrected chi connectivity index (χ0v) is 21.7. The fraction of sp³-hybridized carbons (Fsp3) is 0.129. The van der Waals surface area contributed by atoms with E-state index in [-0.39, 0.29) is 11.7 Å². The summed E-state index contributed by atoms with van der Waals surface area (Å²) in [6.07, 6.45) is 3.51. The maximum absolute atomic E-state index is 13.1. The van der Waals surface area contributed by atoms with Crippen molar-refractivity contribution in [1.29, 1.82) is 0 Å². The van der Waals surface area contributed by atoms with Gasteiger partial charge in [0.05, 0.1) is 11.4 Å². The summed E-state index contributed by atoms with van der Waals surface area (Å²) in [7, 11) is 0. The van der Waals surface area contributed by atoms with Gasteiger partial charge in [-0.2, -0.15) is 0 Å². The first kappa shape index (κ1) is 25.4. The summed E-state index contributed by atoms with van der Waals surface area (Å²) in [5.74, 6) is 2.21. The van der Waals surface area contributed by atoms with Gasteiger partial charge in [-0.1, -0.05) is 48.0 Å². The van der Waals surface area contributed by atoms with Crippen LogP contribution in [0.15, 0.2) is 120 Å². The van der Waals surface area contributed by atoms with Gasteiger partial charge in [-0.3, -0.25) is 9.13 Å². The molecule has 192 valence electrons. The van der Waals surface area contributed by atoms with Gasteiger partial charge < -0.3 is 14.8 Å². The van der Waals surface area contributed by atoms with E-state index >= 15 is 0 Å². The highest BCUT2D eigenvalue weighted by Crippen LogP contribution is 2.23. The Kier molecular flexibility index (Phi) is 7.92. The quantitative estimate of drug-likeness (QED) is 0.204. The second-order valence-electron chi connectivity index (χ2n) is 8.77. The number of hydrogen-bond acceptors (Lipinski definition) is 4. The predicted octanol–water partition coefficient (Wildman–Crippen LogP) is 6.80.